The molecule has 0 aliphatic carbocycles. The molecule has 0 bridgehead atoms. The Hall–Kier alpha value is -0.640. The van der Waals surface area contributed by atoms with Gasteiger partial charge in [0.1, 0.15) is 0 Å². The van der Waals surface area contributed by atoms with Gasteiger partial charge in [-0.2, -0.15) is 0 Å². The molecule has 4 heteroatoms. The number of rotatable bonds is 3. The highest BCUT2D eigenvalue weighted by Gasteiger charge is 2.47. The van der Waals surface area contributed by atoms with Gasteiger partial charge in [-0.05, 0) is 27.7 Å². The number of likely N-dealkylation sites (tertiary alicyclic amines) is 1. The van der Waals surface area contributed by atoms with E-state index in [1.807, 2.05) is 32.6 Å². The van der Waals surface area contributed by atoms with Gasteiger partial charge in [-0.3, -0.25) is 9.69 Å². The van der Waals surface area contributed by atoms with E-state index in [9.17, 15) is 9.18 Å². The van der Waals surface area contributed by atoms with E-state index in [-0.39, 0.29) is 18.5 Å². The first-order valence-electron chi connectivity index (χ1n) is 5.98. The fraction of sp³-hybridized carbons (Fsp3) is 0.917. The second-order valence-electron chi connectivity index (χ2n) is 5.29. The molecule has 1 aliphatic heterocycles. The van der Waals surface area contributed by atoms with Crippen molar-refractivity contribution >= 4 is 5.91 Å². The lowest BCUT2D eigenvalue weighted by molar-refractivity contribution is -0.143. The molecule has 0 aromatic carbocycles. The molecule has 1 atom stereocenters. The van der Waals surface area contributed by atoms with E-state index in [0.717, 1.165) is 0 Å². The molecule has 0 aromatic heterocycles. The van der Waals surface area contributed by atoms with E-state index in [1.54, 1.807) is 7.05 Å². The molecular weight excluding hydrogens is 207 g/mol. The summed E-state index contributed by atoms with van der Waals surface area (Å²) in [6, 6.07) is 0.350. The normalized spacial score (nSPS) is 26.8. The Morgan fingerprint density at radius 3 is 2.31 bits per heavy atom. The van der Waals surface area contributed by atoms with Gasteiger partial charge < -0.3 is 4.90 Å². The number of halogens is 1. The standard InChI is InChI=1S/C12H23FN2O/c1-9(2)14(5)11(16)12(13)6-7-15(8-12)10(3)4/h9-10H,6-8H2,1-5H3. The minimum Gasteiger partial charge on any atom is -0.341 e. The molecule has 3 nitrogen and oxygen atoms in total. The van der Waals surface area contributed by atoms with Crippen LogP contribution in [0.15, 0.2) is 0 Å². The Morgan fingerprint density at radius 1 is 1.38 bits per heavy atom. The quantitative estimate of drug-likeness (QED) is 0.736. The van der Waals surface area contributed by atoms with Gasteiger partial charge in [-0.25, -0.2) is 4.39 Å². The zero-order valence-electron chi connectivity index (χ0n) is 11.0. The molecule has 0 spiro atoms. The van der Waals surface area contributed by atoms with Crippen LogP contribution >= 0.6 is 0 Å². The summed E-state index contributed by atoms with van der Waals surface area (Å²) in [7, 11) is 1.67. The summed E-state index contributed by atoms with van der Waals surface area (Å²) in [4.78, 5) is 15.5. The van der Waals surface area contributed by atoms with Gasteiger partial charge in [-0.15, -0.1) is 0 Å². The van der Waals surface area contributed by atoms with Crippen LogP contribution in [0.2, 0.25) is 0 Å². The number of nitrogens with zero attached hydrogens (tertiary/aromatic N) is 2. The Morgan fingerprint density at radius 2 is 1.94 bits per heavy atom. The topological polar surface area (TPSA) is 23.6 Å². The van der Waals surface area contributed by atoms with Crippen LogP contribution in [0.1, 0.15) is 34.1 Å². The maximum absolute atomic E-state index is 14.5. The summed E-state index contributed by atoms with van der Waals surface area (Å²) in [5.74, 6) is -0.370. The van der Waals surface area contributed by atoms with Crippen molar-refractivity contribution in [2.75, 3.05) is 20.1 Å². The van der Waals surface area contributed by atoms with E-state index in [2.05, 4.69) is 0 Å². The van der Waals surface area contributed by atoms with Crippen molar-refractivity contribution in [3.05, 3.63) is 0 Å². The van der Waals surface area contributed by atoms with Crippen molar-refractivity contribution in [3.63, 3.8) is 0 Å². The molecule has 1 unspecified atom stereocenters. The van der Waals surface area contributed by atoms with E-state index in [1.165, 1.54) is 4.90 Å². The van der Waals surface area contributed by atoms with E-state index >= 15 is 0 Å². The second kappa shape index (κ2) is 4.70. The number of carbonyl (C=O) groups is 1. The maximum Gasteiger partial charge on any atom is 0.261 e. The zero-order valence-corrected chi connectivity index (χ0v) is 11.0. The smallest absolute Gasteiger partial charge is 0.261 e. The SMILES string of the molecule is CC(C)N1CCC(F)(C(=O)N(C)C(C)C)C1. The monoisotopic (exact) mass is 230 g/mol. The lowest BCUT2D eigenvalue weighted by Gasteiger charge is -2.29. The van der Waals surface area contributed by atoms with Crippen LogP contribution in [0.3, 0.4) is 0 Å². The van der Waals surface area contributed by atoms with Crippen LogP contribution in [-0.2, 0) is 4.79 Å². The highest BCUT2D eigenvalue weighted by atomic mass is 19.1. The third-order valence-corrected chi connectivity index (χ3v) is 3.46. The molecular formula is C12H23FN2O. The van der Waals surface area contributed by atoms with Gasteiger partial charge in [0.15, 0.2) is 0 Å². The average Bonchev–Trinajstić information content (AvgIpc) is 2.60. The predicted molar refractivity (Wildman–Crippen MR) is 63.1 cm³/mol. The number of amides is 1. The Kier molecular flexibility index (Phi) is 3.94. The molecule has 0 saturated carbocycles. The van der Waals surface area contributed by atoms with Crippen LogP contribution < -0.4 is 0 Å². The highest BCUT2D eigenvalue weighted by Crippen LogP contribution is 2.29. The first-order valence-corrected chi connectivity index (χ1v) is 5.98. The molecule has 1 saturated heterocycles. The molecule has 1 rings (SSSR count). The fourth-order valence-corrected chi connectivity index (χ4v) is 1.97. The third-order valence-electron chi connectivity index (χ3n) is 3.46. The molecule has 16 heavy (non-hydrogen) atoms. The summed E-state index contributed by atoms with van der Waals surface area (Å²) >= 11 is 0. The number of carbonyl (C=O) groups excluding carboxylic acids is 1. The van der Waals surface area contributed by atoms with Crippen LogP contribution in [0.4, 0.5) is 4.39 Å². The lowest BCUT2D eigenvalue weighted by atomic mass is 10.0. The molecule has 1 fully saturated rings. The Balaban J connectivity index is 2.70. The van der Waals surface area contributed by atoms with Gasteiger partial charge in [-0.1, -0.05) is 0 Å². The molecule has 0 aromatic rings. The summed E-state index contributed by atoms with van der Waals surface area (Å²) in [5, 5.41) is 0. The Bertz CT molecular complexity index is 268. The van der Waals surface area contributed by atoms with Gasteiger partial charge in [0, 0.05) is 38.6 Å². The van der Waals surface area contributed by atoms with Gasteiger partial charge in [0.2, 0.25) is 5.67 Å². The zero-order chi connectivity index (χ0) is 12.5. The molecule has 1 heterocycles. The molecule has 1 aliphatic rings. The lowest BCUT2D eigenvalue weighted by Crippen LogP contribution is -2.49. The number of alkyl halides is 1. The third kappa shape index (κ3) is 2.54. The van der Waals surface area contributed by atoms with E-state index in [0.29, 0.717) is 19.0 Å². The summed E-state index contributed by atoms with van der Waals surface area (Å²) < 4.78 is 14.5. The van der Waals surface area contributed by atoms with Gasteiger partial charge in [0.25, 0.3) is 5.91 Å². The van der Waals surface area contributed by atoms with E-state index in [4.69, 9.17) is 0 Å². The van der Waals surface area contributed by atoms with Crippen molar-refractivity contribution in [2.24, 2.45) is 0 Å². The molecule has 0 N–H and O–H groups in total. The Labute approximate surface area is 97.6 Å². The van der Waals surface area contributed by atoms with Gasteiger partial charge >= 0.3 is 0 Å². The van der Waals surface area contributed by atoms with Crippen molar-refractivity contribution in [2.45, 2.75) is 51.9 Å². The van der Waals surface area contributed by atoms with Crippen molar-refractivity contribution in [1.29, 1.82) is 0 Å². The van der Waals surface area contributed by atoms with Crippen molar-refractivity contribution in [3.8, 4) is 0 Å². The second-order valence-corrected chi connectivity index (χ2v) is 5.29. The van der Waals surface area contributed by atoms with Crippen LogP contribution in [-0.4, -0.2) is 53.6 Å². The first-order chi connectivity index (χ1) is 7.28. The fourth-order valence-electron chi connectivity index (χ4n) is 1.97. The largest absolute Gasteiger partial charge is 0.341 e. The number of hydrogen-bond donors (Lipinski definition) is 0. The molecule has 1 amide bonds. The van der Waals surface area contributed by atoms with E-state index < -0.39 is 5.67 Å². The molecule has 94 valence electrons. The molecule has 0 radical (unpaired) electrons. The van der Waals surface area contributed by atoms with Crippen molar-refractivity contribution in [1.82, 2.24) is 9.80 Å². The summed E-state index contributed by atoms with van der Waals surface area (Å²) in [6.07, 6.45) is 0.321. The number of hydrogen-bond acceptors (Lipinski definition) is 2. The summed E-state index contributed by atoms with van der Waals surface area (Å²) in [6.45, 7) is 8.77. The average molecular weight is 230 g/mol. The predicted octanol–water partition coefficient (Wildman–Crippen LogP) is 1.68. The minimum atomic E-state index is -1.68. The van der Waals surface area contributed by atoms with Crippen LogP contribution in [0, 0.1) is 0 Å². The first kappa shape index (κ1) is 13.4. The summed E-state index contributed by atoms with van der Waals surface area (Å²) in [5.41, 5.74) is -1.68. The minimum absolute atomic E-state index is 0.0493. The van der Waals surface area contributed by atoms with Crippen LogP contribution in [0.5, 0.6) is 0 Å². The van der Waals surface area contributed by atoms with Crippen molar-refractivity contribution < 1.29 is 9.18 Å². The van der Waals surface area contributed by atoms with Crippen LogP contribution in [0.25, 0.3) is 0 Å². The van der Waals surface area contributed by atoms with Gasteiger partial charge in [0.05, 0.1) is 0 Å². The highest BCUT2D eigenvalue weighted by molar-refractivity contribution is 5.85. The maximum atomic E-state index is 14.5.